The van der Waals surface area contributed by atoms with Gasteiger partial charge < -0.3 is 10.6 Å². The third kappa shape index (κ3) is 4.58. The van der Waals surface area contributed by atoms with Gasteiger partial charge in [-0.15, -0.1) is 0 Å². The predicted octanol–water partition coefficient (Wildman–Crippen LogP) is 1.27. The molecule has 1 saturated heterocycles. The van der Waals surface area contributed by atoms with Gasteiger partial charge in [-0.2, -0.15) is 17.0 Å². The number of nitrogens with zero attached hydrogens (tertiary/aromatic N) is 1. The average Bonchev–Trinajstić information content (AvgIpc) is 2.46. The molecule has 2 N–H and O–H groups in total. The van der Waals surface area contributed by atoms with E-state index in [9.17, 15) is 4.79 Å². The number of benzene rings is 1. The Morgan fingerprint density at radius 1 is 1.58 bits per heavy atom. The second-order valence-electron chi connectivity index (χ2n) is 4.52. The van der Waals surface area contributed by atoms with Crippen molar-refractivity contribution < 1.29 is 4.79 Å². The van der Waals surface area contributed by atoms with Gasteiger partial charge in [-0.25, -0.2) is 0 Å². The molecule has 0 radical (unpaired) electrons. The van der Waals surface area contributed by atoms with Crippen LogP contribution in [0.1, 0.15) is 17.5 Å². The summed E-state index contributed by atoms with van der Waals surface area (Å²) < 4.78 is 0. The van der Waals surface area contributed by atoms with Crippen molar-refractivity contribution in [2.24, 2.45) is 0 Å². The first-order chi connectivity index (χ1) is 9.28. The molecule has 1 aromatic rings. The van der Waals surface area contributed by atoms with E-state index in [0.29, 0.717) is 18.5 Å². The number of rotatable bonds is 4. The lowest BCUT2D eigenvalue weighted by atomic mass is 10.1. The largest absolute Gasteiger partial charge is 0.352 e. The van der Waals surface area contributed by atoms with E-state index >= 15 is 0 Å². The van der Waals surface area contributed by atoms with Crippen LogP contribution in [0.2, 0.25) is 0 Å². The molecule has 0 aromatic heterocycles. The molecule has 4 nitrogen and oxygen atoms in total. The van der Waals surface area contributed by atoms with E-state index in [4.69, 9.17) is 5.26 Å². The topological polar surface area (TPSA) is 64.9 Å². The fourth-order valence-electron chi connectivity index (χ4n) is 2.00. The Kier molecular flexibility index (Phi) is 5.25. The Morgan fingerprint density at radius 2 is 2.47 bits per heavy atom. The molecule has 100 valence electrons. The summed E-state index contributed by atoms with van der Waals surface area (Å²) in [6, 6.07) is 9.68. The maximum absolute atomic E-state index is 11.8. The highest BCUT2D eigenvalue weighted by atomic mass is 32.2. The van der Waals surface area contributed by atoms with Gasteiger partial charge in [0.15, 0.2) is 0 Å². The molecule has 1 aromatic carbocycles. The molecule has 2 rings (SSSR count). The number of hydrogen-bond donors (Lipinski definition) is 2. The maximum Gasteiger partial charge on any atom is 0.221 e. The molecule has 0 bridgehead atoms. The summed E-state index contributed by atoms with van der Waals surface area (Å²) in [6.07, 6.45) is 0.519. The van der Waals surface area contributed by atoms with Gasteiger partial charge in [0.2, 0.25) is 5.91 Å². The number of carbonyl (C=O) groups excluding carboxylic acids is 1. The summed E-state index contributed by atoms with van der Waals surface area (Å²) >= 11 is 1.89. The standard InChI is InChI=1S/C14H17N3OS/c15-8-11-2-1-3-12(6-11)9-17-14(18)7-13-10-19-5-4-16-13/h1-3,6,13,16H,4-5,7,9-10H2,(H,17,18). The predicted molar refractivity (Wildman–Crippen MR) is 76.7 cm³/mol. The van der Waals surface area contributed by atoms with E-state index in [0.717, 1.165) is 23.6 Å². The van der Waals surface area contributed by atoms with Crippen molar-refractivity contribution in [3.8, 4) is 6.07 Å². The quantitative estimate of drug-likeness (QED) is 0.868. The smallest absolute Gasteiger partial charge is 0.221 e. The van der Waals surface area contributed by atoms with Crippen LogP contribution >= 0.6 is 11.8 Å². The molecule has 0 spiro atoms. The Bertz CT molecular complexity index is 478. The first kappa shape index (κ1) is 13.9. The monoisotopic (exact) mass is 275 g/mol. The number of amides is 1. The molecule has 1 fully saturated rings. The number of thioether (sulfide) groups is 1. The zero-order chi connectivity index (χ0) is 13.5. The van der Waals surface area contributed by atoms with Gasteiger partial charge in [0.1, 0.15) is 0 Å². The first-order valence-electron chi connectivity index (χ1n) is 6.35. The molecule has 5 heteroatoms. The Labute approximate surface area is 117 Å². The maximum atomic E-state index is 11.8. The lowest BCUT2D eigenvalue weighted by Crippen LogP contribution is -2.41. The van der Waals surface area contributed by atoms with Crippen LogP contribution in [0.5, 0.6) is 0 Å². The third-order valence-electron chi connectivity index (χ3n) is 2.98. The Balaban J connectivity index is 1.78. The Morgan fingerprint density at radius 3 is 3.21 bits per heavy atom. The first-order valence-corrected chi connectivity index (χ1v) is 7.50. The highest BCUT2D eigenvalue weighted by Crippen LogP contribution is 2.10. The molecule has 1 aliphatic rings. The van der Waals surface area contributed by atoms with Crippen LogP contribution < -0.4 is 10.6 Å². The number of nitriles is 1. The van der Waals surface area contributed by atoms with E-state index < -0.39 is 0 Å². The molecule has 0 aliphatic carbocycles. The van der Waals surface area contributed by atoms with E-state index in [1.54, 1.807) is 12.1 Å². The molecule has 19 heavy (non-hydrogen) atoms. The summed E-state index contributed by atoms with van der Waals surface area (Å²) in [5, 5.41) is 15.0. The van der Waals surface area contributed by atoms with E-state index in [1.807, 2.05) is 23.9 Å². The van der Waals surface area contributed by atoms with Gasteiger partial charge in [0, 0.05) is 37.1 Å². The van der Waals surface area contributed by atoms with E-state index in [2.05, 4.69) is 16.7 Å². The normalized spacial score (nSPS) is 18.6. The van der Waals surface area contributed by atoms with Crippen LogP contribution in [0.4, 0.5) is 0 Å². The highest BCUT2D eigenvalue weighted by Gasteiger charge is 2.16. The van der Waals surface area contributed by atoms with Gasteiger partial charge in [0.05, 0.1) is 11.6 Å². The minimum atomic E-state index is 0.0577. The number of nitrogens with one attached hydrogen (secondary N) is 2. The number of carbonyl (C=O) groups is 1. The third-order valence-corrected chi connectivity index (χ3v) is 4.11. The summed E-state index contributed by atoms with van der Waals surface area (Å²) in [4.78, 5) is 11.8. The van der Waals surface area contributed by atoms with Crippen molar-refractivity contribution in [2.45, 2.75) is 19.0 Å². The lowest BCUT2D eigenvalue weighted by molar-refractivity contribution is -0.121. The molecule has 1 amide bonds. The summed E-state index contributed by atoms with van der Waals surface area (Å²) in [7, 11) is 0. The zero-order valence-electron chi connectivity index (χ0n) is 10.7. The molecular formula is C14H17N3OS. The molecule has 1 heterocycles. The summed E-state index contributed by atoms with van der Waals surface area (Å²) in [5.41, 5.74) is 1.58. The fourth-order valence-corrected chi connectivity index (χ4v) is 2.95. The molecule has 0 saturated carbocycles. The van der Waals surface area contributed by atoms with Crippen molar-refractivity contribution in [1.29, 1.82) is 5.26 Å². The van der Waals surface area contributed by atoms with Crippen LogP contribution in [0, 0.1) is 11.3 Å². The van der Waals surface area contributed by atoms with Crippen LogP contribution in [0.25, 0.3) is 0 Å². The average molecular weight is 275 g/mol. The molecule has 1 unspecified atom stereocenters. The minimum absolute atomic E-state index is 0.0577. The minimum Gasteiger partial charge on any atom is -0.352 e. The van der Waals surface area contributed by atoms with Gasteiger partial charge in [-0.3, -0.25) is 4.79 Å². The van der Waals surface area contributed by atoms with Crippen LogP contribution in [-0.4, -0.2) is 30.0 Å². The fraction of sp³-hybridized carbons (Fsp3) is 0.429. The SMILES string of the molecule is N#Cc1cccc(CNC(=O)CC2CSCCN2)c1. The van der Waals surface area contributed by atoms with Gasteiger partial charge in [-0.1, -0.05) is 12.1 Å². The zero-order valence-corrected chi connectivity index (χ0v) is 11.5. The van der Waals surface area contributed by atoms with Crippen LogP contribution in [0.3, 0.4) is 0 Å². The lowest BCUT2D eigenvalue weighted by Gasteiger charge is -2.22. The molecule has 1 aliphatic heterocycles. The van der Waals surface area contributed by atoms with E-state index in [-0.39, 0.29) is 11.9 Å². The second-order valence-corrected chi connectivity index (χ2v) is 5.67. The summed E-state index contributed by atoms with van der Waals surface area (Å²) in [5.74, 6) is 2.18. The Hall–Kier alpha value is -1.51. The van der Waals surface area contributed by atoms with Crippen LogP contribution in [0.15, 0.2) is 24.3 Å². The van der Waals surface area contributed by atoms with Crippen LogP contribution in [-0.2, 0) is 11.3 Å². The van der Waals surface area contributed by atoms with Crippen molar-refractivity contribution in [2.75, 3.05) is 18.1 Å². The van der Waals surface area contributed by atoms with Crippen molar-refractivity contribution in [3.63, 3.8) is 0 Å². The van der Waals surface area contributed by atoms with Crippen molar-refractivity contribution in [1.82, 2.24) is 10.6 Å². The van der Waals surface area contributed by atoms with Gasteiger partial charge in [0.25, 0.3) is 0 Å². The molecule has 1 atom stereocenters. The number of hydrogen-bond acceptors (Lipinski definition) is 4. The van der Waals surface area contributed by atoms with E-state index in [1.165, 1.54) is 0 Å². The highest BCUT2D eigenvalue weighted by molar-refractivity contribution is 7.99. The van der Waals surface area contributed by atoms with Crippen molar-refractivity contribution in [3.05, 3.63) is 35.4 Å². The molecular weight excluding hydrogens is 258 g/mol. The summed E-state index contributed by atoms with van der Waals surface area (Å²) in [6.45, 7) is 1.46. The van der Waals surface area contributed by atoms with Gasteiger partial charge >= 0.3 is 0 Å². The van der Waals surface area contributed by atoms with Crippen molar-refractivity contribution >= 4 is 17.7 Å². The van der Waals surface area contributed by atoms with Gasteiger partial charge in [-0.05, 0) is 17.7 Å². The second kappa shape index (κ2) is 7.17.